The van der Waals surface area contributed by atoms with E-state index in [2.05, 4.69) is 15.2 Å². The Morgan fingerprint density at radius 2 is 2.12 bits per heavy atom. The highest BCUT2D eigenvalue weighted by atomic mass is 32.2. The zero-order chi connectivity index (χ0) is 11.4. The van der Waals surface area contributed by atoms with Crippen LogP contribution in [0.25, 0.3) is 0 Å². The molecule has 0 N–H and O–H groups in total. The van der Waals surface area contributed by atoms with Crippen LogP contribution in [-0.2, 0) is 0 Å². The molecule has 0 amide bonds. The second kappa shape index (κ2) is 5.30. The summed E-state index contributed by atoms with van der Waals surface area (Å²) in [5.74, 6) is 0. The van der Waals surface area contributed by atoms with Crippen molar-refractivity contribution in [3.05, 3.63) is 23.9 Å². The summed E-state index contributed by atoms with van der Waals surface area (Å²) >= 11 is 4.56. The number of hydrogen-bond acceptors (Lipinski definition) is 7. The SMILES string of the molecule is CSc1nnc(Sc2ccc(C#N)cn2)s1. The Morgan fingerprint density at radius 1 is 1.31 bits per heavy atom. The third-order valence-electron chi connectivity index (χ3n) is 1.62. The molecule has 2 rings (SSSR count). The number of thioether (sulfide) groups is 1. The maximum Gasteiger partial charge on any atom is 0.181 e. The molecule has 0 atom stereocenters. The van der Waals surface area contributed by atoms with Gasteiger partial charge in [0.15, 0.2) is 8.68 Å². The fraction of sp³-hybridized carbons (Fsp3) is 0.111. The molecular weight excluding hydrogens is 260 g/mol. The maximum atomic E-state index is 8.63. The Hall–Kier alpha value is -1.10. The fourth-order valence-corrected chi connectivity index (χ4v) is 3.24. The van der Waals surface area contributed by atoms with Gasteiger partial charge in [0.2, 0.25) is 0 Å². The third-order valence-corrected chi connectivity index (χ3v) is 4.52. The highest BCUT2D eigenvalue weighted by Crippen LogP contribution is 2.31. The molecule has 2 aromatic heterocycles. The lowest BCUT2D eigenvalue weighted by atomic mass is 10.3. The molecule has 0 aromatic carbocycles. The van der Waals surface area contributed by atoms with Crippen molar-refractivity contribution in [1.29, 1.82) is 5.26 Å². The zero-order valence-corrected chi connectivity index (χ0v) is 10.7. The Morgan fingerprint density at radius 3 is 2.69 bits per heavy atom. The van der Waals surface area contributed by atoms with E-state index in [1.54, 1.807) is 24.0 Å². The first kappa shape index (κ1) is 11.4. The van der Waals surface area contributed by atoms with Gasteiger partial charge >= 0.3 is 0 Å². The van der Waals surface area contributed by atoms with Gasteiger partial charge in [0.05, 0.1) is 5.56 Å². The summed E-state index contributed by atoms with van der Waals surface area (Å²) in [5, 5.41) is 17.5. The fourth-order valence-electron chi connectivity index (χ4n) is 0.917. The predicted octanol–water partition coefficient (Wildman–Crippen LogP) is 2.68. The lowest BCUT2D eigenvalue weighted by molar-refractivity contribution is 0.953. The van der Waals surface area contributed by atoms with E-state index in [1.807, 2.05) is 18.4 Å². The quantitative estimate of drug-likeness (QED) is 0.796. The zero-order valence-electron chi connectivity index (χ0n) is 8.25. The Balaban J connectivity index is 2.11. The van der Waals surface area contributed by atoms with Gasteiger partial charge in [-0.25, -0.2) is 4.98 Å². The maximum absolute atomic E-state index is 8.63. The van der Waals surface area contributed by atoms with Gasteiger partial charge in [-0.1, -0.05) is 23.1 Å². The van der Waals surface area contributed by atoms with Crippen LogP contribution in [0.3, 0.4) is 0 Å². The van der Waals surface area contributed by atoms with E-state index in [9.17, 15) is 0 Å². The van der Waals surface area contributed by atoms with Crippen LogP contribution in [-0.4, -0.2) is 21.4 Å². The molecule has 0 unspecified atom stereocenters. The van der Waals surface area contributed by atoms with E-state index < -0.39 is 0 Å². The minimum absolute atomic E-state index is 0.561. The molecule has 0 radical (unpaired) electrons. The second-order valence-corrected chi connectivity index (χ2v) is 5.94. The van der Waals surface area contributed by atoms with Crippen LogP contribution in [0.5, 0.6) is 0 Å². The molecule has 80 valence electrons. The first-order valence-corrected chi connectivity index (χ1v) is 7.09. The van der Waals surface area contributed by atoms with Gasteiger partial charge in [0, 0.05) is 6.20 Å². The number of nitriles is 1. The molecule has 4 nitrogen and oxygen atoms in total. The lowest BCUT2D eigenvalue weighted by Gasteiger charge is -1.94. The summed E-state index contributed by atoms with van der Waals surface area (Å²) in [6, 6.07) is 5.58. The molecule has 0 saturated heterocycles. The van der Waals surface area contributed by atoms with Crippen molar-refractivity contribution < 1.29 is 0 Å². The van der Waals surface area contributed by atoms with Crippen molar-refractivity contribution in [2.24, 2.45) is 0 Å². The summed E-state index contributed by atoms with van der Waals surface area (Å²) in [6.45, 7) is 0. The smallest absolute Gasteiger partial charge is 0.181 e. The van der Waals surface area contributed by atoms with E-state index in [-0.39, 0.29) is 0 Å². The molecule has 0 spiro atoms. The molecule has 7 heteroatoms. The summed E-state index contributed by atoms with van der Waals surface area (Å²) in [6.07, 6.45) is 3.52. The van der Waals surface area contributed by atoms with Gasteiger partial charge in [-0.15, -0.1) is 10.2 Å². The van der Waals surface area contributed by atoms with Crippen molar-refractivity contribution >= 4 is 34.9 Å². The Kier molecular flexibility index (Phi) is 3.77. The van der Waals surface area contributed by atoms with Crippen LogP contribution < -0.4 is 0 Å². The van der Waals surface area contributed by atoms with Gasteiger partial charge in [-0.05, 0) is 30.2 Å². The average molecular weight is 266 g/mol. The monoisotopic (exact) mass is 266 g/mol. The van der Waals surface area contributed by atoms with E-state index in [0.29, 0.717) is 5.56 Å². The Bertz CT molecular complexity index is 514. The predicted molar refractivity (Wildman–Crippen MR) is 64.8 cm³/mol. The first-order valence-electron chi connectivity index (χ1n) is 4.23. The molecule has 0 bridgehead atoms. The first-order chi connectivity index (χ1) is 7.81. The average Bonchev–Trinajstić information content (AvgIpc) is 2.78. The molecule has 0 fully saturated rings. The van der Waals surface area contributed by atoms with Crippen molar-refractivity contribution in [3.8, 4) is 6.07 Å². The second-order valence-electron chi connectivity index (χ2n) is 2.64. The molecule has 0 aliphatic carbocycles. The molecule has 2 heterocycles. The summed E-state index contributed by atoms with van der Waals surface area (Å²) < 4.78 is 1.80. The number of rotatable bonds is 3. The van der Waals surface area contributed by atoms with E-state index in [0.717, 1.165) is 13.7 Å². The molecular formula is C9H6N4S3. The lowest BCUT2D eigenvalue weighted by Crippen LogP contribution is -1.81. The van der Waals surface area contributed by atoms with Crippen molar-refractivity contribution in [3.63, 3.8) is 0 Å². The van der Waals surface area contributed by atoms with E-state index >= 15 is 0 Å². The number of aromatic nitrogens is 3. The topological polar surface area (TPSA) is 62.5 Å². The van der Waals surface area contributed by atoms with Crippen LogP contribution in [0.4, 0.5) is 0 Å². The van der Waals surface area contributed by atoms with Crippen molar-refractivity contribution in [2.45, 2.75) is 13.7 Å². The molecule has 0 aliphatic heterocycles. The van der Waals surface area contributed by atoms with Crippen molar-refractivity contribution in [1.82, 2.24) is 15.2 Å². The van der Waals surface area contributed by atoms with Crippen LogP contribution >= 0.6 is 34.9 Å². The summed E-state index contributed by atoms with van der Waals surface area (Å²) in [5.41, 5.74) is 0.561. The highest BCUT2D eigenvalue weighted by molar-refractivity contribution is 8.02. The standard InChI is InChI=1S/C9H6N4S3/c1-14-8-12-13-9(16-8)15-7-3-2-6(4-10)5-11-7/h2-3,5H,1H3. The molecule has 0 saturated carbocycles. The van der Waals surface area contributed by atoms with Crippen LogP contribution in [0.1, 0.15) is 5.56 Å². The van der Waals surface area contributed by atoms with E-state index in [1.165, 1.54) is 23.1 Å². The van der Waals surface area contributed by atoms with E-state index in [4.69, 9.17) is 5.26 Å². The number of pyridine rings is 1. The van der Waals surface area contributed by atoms with Crippen molar-refractivity contribution in [2.75, 3.05) is 6.26 Å². The van der Waals surface area contributed by atoms with Gasteiger partial charge in [0.25, 0.3) is 0 Å². The van der Waals surface area contributed by atoms with Crippen LogP contribution in [0.15, 0.2) is 32.0 Å². The number of nitrogens with zero attached hydrogens (tertiary/aromatic N) is 4. The normalized spacial score (nSPS) is 10.0. The number of hydrogen-bond donors (Lipinski definition) is 0. The van der Waals surface area contributed by atoms with Gasteiger partial charge in [0.1, 0.15) is 11.1 Å². The van der Waals surface area contributed by atoms with Crippen LogP contribution in [0, 0.1) is 11.3 Å². The molecule has 0 aliphatic rings. The molecule has 2 aromatic rings. The van der Waals surface area contributed by atoms with Gasteiger partial charge in [-0.2, -0.15) is 5.26 Å². The molecule has 16 heavy (non-hydrogen) atoms. The van der Waals surface area contributed by atoms with Gasteiger partial charge < -0.3 is 0 Å². The summed E-state index contributed by atoms with van der Waals surface area (Å²) in [4.78, 5) is 4.15. The minimum Gasteiger partial charge on any atom is -0.248 e. The van der Waals surface area contributed by atoms with Gasteiger partial charge in [-0.3, -0.25) is 0 Å². The highest BCUT2D eigenvalue weighted by Gasteiger charge is 2.05. The van der Waals surface area contributed by atoms with Crippen LogP contribution in [0.2, 0.25) is 0 Å². The summed E-state index contributed by atoms with van der Waals surface area (Å²) in [7, 11) is 0. The third kappa shape index (κ3) is 2.72. The largest absolute Gasteiger partial charge is 0.248 e. The minimum atomic E-state index is 0.561. The Labute approximate surface area is 105 Å².